The second-order valence-corrected chi connectivity index (χ2v) is 10.7. The van der Waals surface area contributed by atoms with Crippen molar-refractivity contribution in [3.8, 4) is 0 Å². The fourth-order valence-electron chi connectivity index (χ4n) is 5.72. The lowest BCUT2D eigenvalue weighted by Crippen LogP contribution is -2.33. The average molecular weight is 512 g/mol. The van der Waals surface area contributed by atoms with Crippen molar-refractivity contribution in [2.45, 2.75) is 115 Å². The molecule has 37 heavy (non-hydrogen) atoms. The first kappa shape index (κ1) is 25.9. The molecule has 2 fully saturated rings. The van der Waals surface area contributed by atoms with E-state index >= 15 is 0 Å². The Morgan fingerprint density at radius 2 is 1.78 bits per heavy atom. The van der Waals surface area contributed by atoms with Crippen LogP contribution in [0.5, 0.6) is 0 Å². The van der Waals surface area contributed by atoms with Gasteiger partial charge in [0, 0.05) is 24.3 Å². The van der Waals surface area contributed by atoms with Gasteiger partial charge in [-0.2, -0.15) is 15.1 Å². The molecule has 0 spiro atoms. The number of aliphatic hydroxyl groups is 2. The first-order chi connectivity index (χ1) is 17.9. The topological polar surface area (TPSA) is 152 Å². The highest BCUT2D eigenvalue weighted by atomic mass is 16.3. The Hall–Kier alpha value is -2.76. The molecule has 3 aromatic rings. The van der Waals surface area contributed by atoms with Gasteiger partial charge in [0.2, 0.25) is 5.95 Å². The van der Waals surface area contributed by atoms with Crippen molar-refractivity contribution in [2.75, 3.05) is 10.6 Å². The Bertz CT molecular complexity index is 1180. The zero-order valence-corrected chi connectivity index (χ0v) is 22.1. The first-order valence-corrected chi connectivity index (χ1v) is 13.8. The van der Waals surface area contributed by atoms with E-state index in [0.717, 1.165) is 50.5 Å². The van der Waals surface area contributed by atoms with E-state index in [1.165, 1.54) is 0 Å². The highest BCUT2D eigenvalue weighted by Crippen LogP contribution is 2.40. The van der Waals surface area contributed by atoms with Crippen molar-refractivity contribution in [3.63, 3.8) is 0 Å². The van der Waals surface area contributed by atoms with E-state index in [1.807, 2.05) is 17.0 Å². The van der Waals surface area contributed by atoms with E-state index in [2.05, 4.69) is 41.5 Å². The lowest BCUT2D eigenvalue weighted by Gasteiger charge is -2.27. The Morgan fingerprint density at radius 1 is 1.05 bits per heavy atom. The van der Waals surface area contributed by atoms with Gasteiger partial charge in [0.15, 0.2) is 17.0 Å². The highest BCUT2D eigenvalue weighted by molar-refractivity contribution is 5.84. The number of nitrogens with zero attached hydrogens (tertiary/aromatic N) is 6. The van der Waals surface area contributed by atoms with Gasteiger partial charge in [0.25, 0.3) is 0 Å². The van der Waals surface area contributed by atoms with E-state index in [0.29, 0.717) is 29.4 Å². The number of imidazole rings is 1. The molecule has 6 N–H and O–H groups in total. The molecule has 4 atom stereocenters. The van der Waals surface area contributed by atoms with Gasteiger partial charge in [-0.1, -0.05) is 20.8 Å². The Morgan fingerprint density at radius 3 is 2.46 bits per heavy atom. The molecule has 5 rings (SSSR count). The van der Waals surface area contributed by atoms with Gasteiger partial charge < -0.3 is 31.1 Å². The first-order valence-electron chi connectivity index (χ1n) is 13.8. The molecule has 0 aliphatic heterocycles. The normalized spacial score (nSPS) is 28.3. The zero-order valence-electron chi connectivity index (χ0n) is 22.1. The number of aliphatic hydroxyl groups excluding tert-OH is 2. The summed E-state index contributed by atoms with van der Waals surface area (Å²) in [6.07, 6.45) is 10.8. The number of fused-ring (bicyclic) bond motifs is 1. The average Bonchev–Trinajstić information content (AvgIpc) is 3.62. The summed E-state index contributed by atoms with van der Waals surface area (Å²) >= 11 is 0. The Labute approximate surface area is 217 Å². The van der Waals surface area contributed by atoms with Crippen LogP contribution < -0.4 is 16.4 Å². The lowest BCUT2D eigenvalue weighted by molar-refractivity contribution is 0.00721. The molecule has 0 unspecified atom stereocenters. The quantitative estimate of drug-likeness (QED) is 0.292. The summed E-state index contributed by atoms with van der Waals surface area (Å²) in [5, 5.41) is 33.6. The number of anilines is 2. The van der Waals surface area contributed by atoms with E-state index in [1.54, 1.807) is 11.0 Å². The van der Waals surface area contributed by atoms with Crippen LogP contribution in [-0.2, 0) is 6.42 Å². The third kappa shape index (κ3) is 5.17. The summed E-state index contributed by atoms with van der Waals surface area (Å²) in [6, 6.07) is 0.0768. The van der Waals surface area contributed by atoms with E-state index in [9.17, 15) is 10.2 Å². The van der Waals surface area contributed by atoms with Crippen molar-refractivity contribution in [1.82, 2.24) is 29.3 Å². The molecular weight excluding hydrogens is 470 g/mol. The van der Waals surface area contributed by atoms with Gasteiger partial charge in [-0.3, -0.25) is 4.68 Å². The molecule has 0 bridgehead atoms. The van der Waals surface area contributed by atoms with Crippen molar-refractivity contribution < 1.29 is 10.2 Å². The predicted octanol–water partition coefficient (Wildman–Crippen LogP) is 2.78. The summed E-state index contributed by atoms with van der Waals surface area (Å²) in [5.74, 6) is 1.24. The van der Waals surface area contributed by atoms with Crippen molar-refractivity contribution >= 4 is 22.9 Å². The number of nitrogens with two attached hydrogens (primary N) is 1. The number of hydrogen-bond donors (Lipinski definition) is 5. The maximum absolute atomic E-state index is 11.1. The standard InChI is InChI=1S/C26H41N9O2/c1-4-15-12-29-35(13-15)20-11-19(22(36)23(20)37)34-14-28-21-24(30-17(5-2)6-3)32-26(33-25(21)34)31-18-9-7-16(27)8-10-18/h12-14,16-20,22-23,36-37H,4-11,27H2,1-3H3,(H2,30,31,32,33)/t16?,18?,19-,20+,22+,23-/m1/s1. The second-order valence-electron chi connectivity index (χ2n) is 10.7. The minimum Gasteiger partial charge on any atom is -0.388 e. The summed E-state index contributed by atoms with van der Waals surface area (Å²) in [6.45, 7) is 6.37. The third-order valence-corrected chi connectivity index (χ3v) is 8.23. The SMILES string of the molecule is CCc1cnn([C@H]2C[C@@H](n3cnc4c(NC(CC)CC)nc(NC5CCC(N)CC5)nc43)[C@H](O)[C@@H]2O)c1. The van der Waals surface area contributed by atoms with Crippen LogP contribution in [-0.4, -0.2) is 69.8 Å². The highest BCUT2D eigenvalue weighted by Gasteiger charge is 2.44. The van der Waals surface area contributed by atoms with Crippen molar-refractivity contribution in [2.24, 2.45) is 5.73 Å². The number of aromatic nitrogens is 6. The van der Waals surface area contributed by atoms with Gasteiger partial charge in [-0.25, -0.2) is 4.98 Å². The van der Waals surface area contributed by atoms with Gasteiger partial charge in [-0.05, 0) is 56.9 Å². The number of aryl methyl sites for hydroxylation is 1. The van der Waals surface area contributed by atoms with Crippen LogP contribution >= 0.6 is 0 Å². The number of rotatable bonds is 9. The van der Waals surface area contributed by atoms with Gasteiger partial charge in [-0.15, -0.1) is 0 Å². The maximum atomic E-state index is 11.1. The molecule has 0 amide bonds. The van der Waals surface area contributed by atoms with Crippen LogP contribution in [0.3, 0.4) is 0 Å². The fourth-order valence-corrected chi connectivity index (χ4v) is 5.72. The minimum atomic E-state index is -0.974. The zero-order chi connectivity index (χ0) is 26.1. The molecule has 0 aromatic carbocycles. The fraction of sp³-hybridized carbons (Fsp3) is 0.692. The maximum Gasteiger partial charge on any atom is 0.227 e. The van der Waals surface area contributed by atoms with Gasteiger partial charge in [0.1, 0.15) is 12.2 Å². The largest absolute Gasteiger partial charge is 0.388 e. The Kier molecular flexibility index (Phi) is 7.64. The van der Waals surface area contributed by atoms with Crippen LogP contribution in [0.25, 0.3) is 11.2 Å². The van der Waals surface area contributed by atoms with Crippen LogP contribution in [0, 0.1) is 0 Å². The monoisotopic (exact) mass is 511 g/mol. The van der Waals surface area contributed by atoms with Crippen molar-refractivity contribution in [1.29, 1.82) is 0 Å². The number of nitrogens with one attached hydrogen (secondary N) is 2. The van der Waals surface area contributed by atoms with Crippen molar-refractivity contribution in [3.05, 3.63) is 24.3 Å². The van der Waals surface area contributed by atoms with E-state index in [4.69, 9.17) is 15.7 Å². The molecule has 3 aromatic heterocycles. The molecule has 3 heterocycles. The summed E-state index contributed by atoms with van der Waals surface area (Å²) in [7, 11) is 0. The number of hydrogen-bond acceptors (Lipinski definition) is 9. The second kappa shape index (κ2) is 10.9. The van der Waals surface area contributed by atoms with Gasteiger partial charge in [0.05, 0.1) is 24.6 Å². The summed E-state index contributed by atoms with van der Waals surface area (Å²) in [4.78, 5) is 14.4. The molecule has 202 valence electrons. The molecule has 2 aliphatic rings. The van der Waals surface area contributed by atoms with Crippen LogP contribution in [0.15, 0.2) is 18.7 Å². The van der Waals surface area contributed by atoms with Gasteiger partial charge >= 0.3 is 0 Å². The molecule has 2 saturated carbocycles. The summed E-state index contributed by atoms with van der Waals surface area (Å²) in [5.41, 5.74) is 8.52. The van der Waals surface area contributed by atoms with Crippen LogP contribution in [0.1, 0.15) is 83.4 Å². The molecule has 0 saturated heterocycles. The van der Waals surface area contributed by atoms with Crippen LogP contribution in [0.2, 0.25) is 0 Å². The summed E-state index contributed by atoms with van der Waals surface area (Å²) < 4.78 is 3.68. The third-order valence-electron chi connectivity index (χ3n) is 8.23. The molecule has 2 aliphatic carbocycles. The lowest BCUT2D eigenvalue weighted by atomic mass is 9.92. The van der Waals surface area contributed by atoms with Crippen LogP contribution in [0.4, 0.5) is 11.8 Å². The smallest absolute Gasteiger partial charge is 0.227 e. The Balaban J connectivity index is 1.48. The van der Waals surface area contributed by atoms with E-state index in [-0.39, 0.29) is 24.2 Å². The molecule has 11 nitrogen and oxygen atoms in total. The predicted molar refractivity (Wildman–Crippen MR) is 143 cm³/mol. The minimum absolute atomic E-state index is 0.264. The molecular formula is C26H41N9O2. The molecule has 11 heteroatoms. The van der Waals surface area contributed by atoms with E-state index < -0.39 is 18.2 Å². The molecule has 0 radical (unpaired) electrons.